The van der Waals surface area contributed by atoms with E-state index >= 15 is 0 Å². The van der Waals surface area contributed by atoms with Gasteiger partial charge in [-0.25, -0.2) is 4.79 Å². The lowest BCUT2D eigenvalue weighted by Crippen LogP contribution is -2.44. The summed E-state index contributed by atoms with van der Waals surface area (Å²) in [5, 5.41) is 3.63. The van der Waals surface area contributed by atoms with E-state index < -0.39 is 5.60 Å². The third-order valence-corrected chi connectivity index (χ3v) is 4.20. The van der Waals surface area contributed by atoms with Crippen LogP contribution in [0.4, 0.5) is 4.79 Å². The summed E-state index contributed by atoms with van der Waals surface area (Å²) in [4.78, 5) is 14.1. The van der Waals surface area contributed by atoms with Crippen LogP contribution < -0.4 is 5.32 Å². The summed E-state index contributed by atoms with van der Waals surface area (Å²) in [7, 11) is 0. The average Bonchev–Trinajstić information content (AvgIpc) is 2.89. The van der Waals surface area contributed by atoms with E-state index in [1.165, 1.54) is 19.3 Å². The van der Waals surface area contributed by atoms with Gasteiger partial charge in [0.15, 0.2) is 0 Å². The highest BCUT2D eigenvalue weighted by molar-refractivity contribution is 5.69. The van der Waals surface area contributed by atoms with Crippen molar-refractivity contribution in [3.8, 4) is 0 Å². The molecular weight excluding hydrogens is 252 g/mol. The van der Waals surface area contributed by atoms with Gasteiger partial charge >= 0.3 is 6.09 Å². The Hall–Kier alpha value is -0.770. The van der Waals surface area contributed by atoms with Crippen molar-refractivity contribution in [1.29, 1.82) is 0 Å². The Morgan fingerprint density at radius 3 is 2.80 bits per heavy atom. The molecular formula is C16H30N2O2. The Labute approximate surface area is 123 Å². The van der Waals surface area contributed by atoms with Gasteiger partial charge in [0, 0.05) is 25.2 Å². The third-order valence-electron chi connectivity index (χ3n) is 4.20. The van der Waals surface area contributed by atoms with Crippen molar-refractivity contribution < 1.29 is 9.53 Å². The molecule has 1 saturated heterocycles. The molecule has 3 unspecified atom stereocenters. The van der Waals surface area contributed by atoms with Crippen molar-refractivity contribution in [3.63, 3.8) is 0 Å². The van der Waals surface area contributed by atoms with Gasteiger partial charge in [0.2, 0.25) is 0 Å². The number of carbonyl (C=O) groups excluding carboxylic acids is 1. The summed E-state index contributed by atoms with van der Waals surface area (Å²) in [5.74, 6) is 0.872. The molecule has 4 nitrogen and oxygen atoms in total. The Balaban J connectivity index is 1.75. The zero-order valence-corrected chi connectivity index (χ0v) is 13.4. The van der Waals surface area contributed by atoms with Crippen molar-refractivity contribution in [2.75, 3.05) is 13.1 Å². The smallest absolute Gasteiger partial charge is 0.410 e. The van der Waals surface area contributed by atoms with Gasteiger partial charge in [-0.2, -0.15) is 0 Å². The van der Waals surface area contributed by atoms with Crippen LogP contribution in [0, 0.1) is 5.92 Å². The number of hydrogen-bond acceptors (Lipinski definition) is 3. The summed E-state index contributed by atoms with van der Waals surface area (Å²) >= 11 is 0. The molecule has 0 bridgehead atoms. The Bertz CT molecular complexity index is 338. The number of nitrogens with one attached hydrogen (secondary N) is 1. The number of ether oxygens (including phenoxy) is 1. The van der Waals surface area contributed by atoms with Gasteiger partial charge in [-0.3, -0.25) is 0 Å². The molecule has 4 heteroatoms. The van der Waals surface area contributed by atoms with E-state index in [9.17, 15) is 4.79 Å². The number of amides is 1. The van der Waals surface area contributed by atoms with E-state index in [1.54, 1.807) is 0 Å². The van der Waals surface area contributed by atoms with Gasteiger partial charge in [-0.1, -0.05) is 13.3 Å². The summed E-state index contributed by atoms with van der Waals surface area (Å²) < 4.78 is 5.49. The van der Waals surface area contributed by atoms with Gasteiger partial charge in [0.25, 0.3) is 0 Å². The topological polar surface area (TPSA) is 41.6 Å². The molecule has 2 fully saturated rings. The van der Waals surface area contributed by atoms with Crippen LogP contribution in [-0.2, 0) is 4.74 Å². The fraction of sp³-hybridized carbons (Fsp3) is 0.938. The van der Waals surface area contributed by atoms with Crippen LogP contribution in [0.15, 0.2) is 0 Å². The first-order chi connectivity index (χ1) is 9.40. The van der Waals surface area contributed by atoms with E-state index in [1.807, 2.05) is 25.7 Å². The molecule has 20 heavy (non-hydrogen) atoms. The predicted molar refractivity (Wildman–Crippen MR) is 80.8 cm³/mol. The van der Waals surface area contributed by atoms with E-state index in [0.717, 1.165) is 31.8 Å². The van der Waals surface area contributed by atoms with Crippen LogP contribution in [0.5, 0.6) is 0 Å². The third kappa shape index (κ3) is 4.37. The maximum atomic E-state index is 12.2. The molecule has 1 aliphatic carbocycles. The van der Waals surface area contributed by atoms with E-state index in [-0.39, 0.29) is 6.09 Å². The highest BCUT2D eigenvalue weighted by atomic mass is 16.6. The molecule has 3 atom stereocenters. The van der Waals surface area contributed by atoms with Crippen molar-refractivity contribution >= 4 is 6.09 Å². The zero-order chi connectivity index (χ0) is 14.8. The second kappa shape index (κ2) is 6.33. The van der Waals surface area contributed by atoms with Crippen LogP contribution >= 0.6 is 0 Å². The van der Waals surface area contributed by atoms with Crippen molar-refractivity contribution in [1.82, 2.24) is 10.2 Å². The Kier molecular flexibility index (Phi) is 4.95. The maximum absolute atomic E-state index is 12.2. The van der Waals surface area contributed by atoms with E-state index in [2.05, 4.69) is 12.2 Å². The normalized spacial score (nSPS) is 29.6. The monoisotopic (exact) mass is 282 g/mol. The first-order valence-electron chi connectivity index (χ1n) is 8.13. The van der Waals surface area contributed by atoms with Gasteiger partial charge in [-0.15, -0.1) is 0 Å². The lowest BCUT2D eigenvalue weighted by molar-refractivity contribution is 0.0226. The zero-order valence-electron chi connectivity index (χ0n) is 13.4. The highest BCUT2D eigenvalue weighted by Gasteiger charge is 2.38. The molecule has 0 aromatic heterocycles. The van der Waals surface area contributed by atoms with E-state index in [0.29, 0.717) is 12.1 Å². The summed E-state index contributed by atoms with van der Waals surface area (Å²) in [6, 6.07) is 1.00. The van der Waals surface area contributed by atoms with Crippen molar-refractivity contribution in [2.45, 2.75) is 77.5 Å². The second-order valence-corrected chi connectivity index (χ2v) is 7.27. The largest absolute Gasteiger partial charge is 0.444 e. The van der Waals surface area contributed by atoms with Crippen LogP contribution in [0.25, 0.3) is 0 Å². The fourth-order valence-electron chi connectivity index (χ4n) is 3.08. The molecule has 0 aromatic rings. The minimum atomic E-state index is -0.402. The molecule has 1 heterocycles. The average molecular weight is 282 g/mol. The molecule has 116 valence electrons. The fourth-order valence-corrected chi connectivity index (χ4v) is 3.08. The summed E-state index contributed by atoms with van der Waals surface area (Å²) in [6.07, 6.45) is 5.95. The number of nitrogens with zero attached hydrogens (tertiary/aromatic N) is 1. The van der Waals surface area contributed by atoms with Gasteiger partial charge in [0.1, 0.15) is 5.60 Å². The predicted octanol–water partition coefficient (Wildman–Crippen LogP) is 3.16. The minimum absolute atomic E-state index is 0.150. The molecule has 2 rings (SSSR count). The standard InChI is InChI=1S/C16H30N2O2/c1-5-7-12-10-14(12)17-11-13-8-6-9-18(13)15(19)20-16(2,3)4/h12-14,17H,5-11H2,1-4H3. The van der Waals surface area contributed by atoms with Crippen molar-refractivity contribution in [3.05, 3.63) is 0 Å². The number of likely N-dealkylation sites (tertiary alicyclic amines) is 1. The van der Waals surface area contributed by atoms with E-state index in [4.69, 9.17) is 4.74 Å². The van der Waals surface area contributed by atoms with Crippen molar-refractivity contribution in [2.24, 2.45) is 5.92 Å². The molecule has 0 radical (unpaired) electrons. The summed E-state index contributed by atoms with van der Waals surface area (Å²) in [6.45, 7) is 9.78. The number of carbonyl (C=O) groups is 1. The van der Waals surface area contributed by atoms with Crippen LogP contribution in [-0.4, -0.2) is 41.8 Å². The SMILES string of the molecule is CCCC1CC1NCC1CCCN1C(=O)OC(C)(C)C. The second-order valence-electron chi connectivity index (χ2n) is 7.27. The molecule has 1 N–H and O–H groups in total. The Morgan fingerprint density at radius 1 is 1.40 bits per heavy atom. The van der Waals surface area contributed by atoms with Gasteiger partial charge in [-0.05, 0) is 52.4 Å². The molecule has 1 saturated carbocycles. The Morgan fingerprint density at radius 2 is 2.15 bits per heavy atom. The maximum Gasteiger partial charge on any atom is 0.410 e. The minimum Gasteiger partial charge on any atom is -0.444 e. The van der Waals surface area contributed by atoms with Crippen LogP contribution in [0.2, 0.25) is 0 Å². The van der Waals surface area contributed by atoms with Crippen LogP contribution in [0.1, 0.15) is 59.8 Å². The number of hydrogen-bond donors (Lipinski definition) is 1. The van der Waals surface area contributed by atoms with Crippen LogP contribution in [0.3, 0.4) is 0 Å². The quantitative estimate of drug-likeness (QED) is 0.842. The molecule has 0 aromatic carbocycles. The lowest BCUT2D eigenvalue weighted by atomic mass is 10.2. The molecule has 0 spiro atoms. The van der Waals surface area contributed by atoms with Gasteiger partial charge < -0.3 is 15.0 Å². The molecule has 2 aliphatic rings. The molecule has 1 aliphatic heterocycles. The molecule has 1 amide bonds. The number of rotatable bonds is 5. The summed E-state index contributed by atoms with van der Waals surface area (Å²) in [5.41, 5.74) is -0.402. The highest BCUT2D eigenvalue weighted by Crippen LogP contribution is 2.34. The first-order valence-corrected chi connectivity index (χ1v) is 8.13. The lowest BCUT2D eigenvalue weighted by Gasteiger charge is -2.28. The van der Waals surface area contributed by atoms with Gasteiger partial charge in [0.05, 0.1) is 0 Å². The first kappa shape index (κ1) is 15.6.